The maximum absolute atomic E-state index is 12.1. The van der Waals surface area contributed by atoms with Gasteiger partial charge in [-0.05, 0) is 22.0 Å². The minimum atomic E-state index is 0.0703. The van der Waals surface area contributed by atoms with Crippen molar-refractivity contribution in [1.82, 2.24) is 4.98 Å². The van der Waals surface area contributed by atoms with Gasteiger partial charge in [0.1, 0.15) is 0 Å². The summed E-state index contributed by atoms with van der Waals surface area (Å²) < 4.78 is 6.24. The second-order valence-electron chi connectivity index (χ2n) is 4.21. The topological polar surface area (TPSA) is 43.1 Å². The number of halogens is 1. The molecule has 100 valence electrons. The summed E-state index contributed by atoms with van der Waals surface area (Å²) in [5, 5.41) is 2.67. The highest BCUT2D eigenvalue weighted by Gasteiger charge is 2.14. The molecule has 1 aromatic carbocycles. The molecule has 0 fully saturated rings. The van der Waals surface area contributed by atoms with E-state index >= 15 is 0 Å². The van der Waals surface area contributed by atoms with Crippen LogP contribution in [0.2, 0.25) is 0 Å². The molecule has 0 radical (unpaired) electrons. The highest BCUT2D eigenvalue weighted by Crippen LogP contribution is 2.31. The number of rotatable bonds is 4. The molecule has 0 aliphatic heterocycles. The smallest absolute Gasteiger partial charge is 0.176 e. The molecule has 3 rings (SSSR count). The molecule has 0 amide bonds. The van der Waals surface area contributed by atoms with Crippen molar-refractivity contribution in [2.75, 3.05) is 0 Å². The number of Topliss-reactive ketones (excluding diaryl/α,β-unsaturated/α-hetero) is 1. The van der Waals surface area contributed by atoms with E-state index in [0.717, 1.165) is 15.2 Å². The third-order valence-corrected chi connectivity index (χ3v) is 4.31. The number of thiazole rings is 1. The normalized spacial score (nSPS) is 10.7. The van der Waals surface area contributed by atoms with E-state index in [2.05, 4.69) is 20.9 Å². The maximum atomic E-state index is 12.1. The van der Waals surface area contributed by atoms with Gasteiger partial charge >= 0.3 is 0 Å². The van der Waals surface area contributed by atoms with Gasteiger partial charge < -0.3 is 4.42 Å². The second kappa shape index (κ2) is 5.73. The first-order valence-electron chi connectivity index (χ1n) is 6.00. The Hall–Kier alpha value is -1.72. The summed E-state index contributed by atoms with van der Waals surface area (Å²) in [4.78, 5) is 16.6. The first kappa shape index (κ1) is 13.3. The zero-order chi connectivity index (χ0) is 13.9. The molecule has 0 N–H and O–H groups in total. The lowest BCUT2D eigenvalue weighted by Crippen LogP contribution is -2.03. The van der Waals surface area contributed by atoms with Gasteiger partial charge in [-0.25, -0.2) is 4.98 Å². The maximum Gasteiger partial charge on any atom is 0.176 e. The zero-order valence-corrected chi connectivity index (χ0v) is 12.8. The number of hydrogen-bond acceptors (Lipinski definition) is 4. The van der Waals surface area contributed by atoms with Crippen molar-refractivity contribution in [3.8, 4) is 10.8 Å². The van der Waals surface area contributed by atoms with Crippen molar-refractivity contribution >= 4 is 33.0 Å². The fourth-order valence-corrected chi connectivity index (χ4v) is 3.17. The molecule has 3 aromatic rings. The summed E-state index contributed by atoms with van der Waals surface area (Å²) in [5.41, 5.74) is 1.48. The molecule has 2 heterocycles. The Bertz CT molecular complexity index is 733. The minimum absolute atomic E-state index is 0.0703. The van der Waals surface area contributed by atoms with E-state index in [1.54, 1.807) is 6.26 Å². The molecule has 0 unspecified atom stereocenters. The first-order chi connectivity index (χ1) is 9.74. The number of carbonyl (C=O) groups excluding carboxylic acids is 1. The predicted octanol–water partition coefficient (Wildman–Crippen LogP) is 4.59. The SMILES string of the molecule is O=C(Cc1csc(-c2occc2Br)n1)c1ccccc1. The Kier molecular flexibility index (Phi) is 3.80. The molecule has 2 aromatic heterocycles. The van der Waals surface area contributed by atoms with Crippen molar-refractivity contribution in [2.24, 2.45) is 0 Å². The van der Waals surface area contributed by atoms with Gasteiger partial charge in [0.15, 0.2) is 16.6 Å². The third-order valence-electron chi connectivity index (χ3n) is 2.80. The number of hydrogen-bond donors (Lipinski definition) is 0. The Labute approximate surface area is 128 Å². The highest BCUT2D eigenvalue weighted by molar-refractivity contribution is 9.10. The summed E-state index contributed by atoms with van der Waals surface area (Å²) >= 11 is 4.88. The summed E-state index contributed by atoms with van der Waals surface area (Å²) in [6.45, 7) is 0. The van der Waals surface area contributed by atoms with Crippen molar-refractivity contribution in [1.29, 1.82) is 0 Å². The molecule has 0 spiro atoms. The number of aromatic nitrogens is 1. The number of furan rings is 1. The van der Waals surface area contributed by atoms with Gasteiger partial charge in [-0.2, -0.15) is 0 Å². The van der Waals surface area contributed by atoms with Gasteiger partial charge in [0.25, 0.3) is 0 Å². The second-order valence-corrected chi connectivity index (χ2v) is 5.92. The van der Waals surface area contributed by atoms with Crippen LogP contribution in [0.4, 0.5) is 0 Å². The lowest BCUT2D eigenvalue weighted by Gasteiger charge is -1.97. The Morgan fingerprint density at radius 1 is 1.25 bits per heavy atom. The number of nitrogens with zero attached hydrogens (tertiary/aromatic N) is 1. The van der Waals surface area contributed by atoms with Gasteiger partial charge in [-0.1, -0.05) is 30.3 Å². The van der Waals surface area contributed by atoms with E-state index in [1.807, 2.05) is 41.8 Å². The minimum Gasteiger partial charge on any atom is -0.461 e. The van der Waals surface area contributed by atoms with Gasteiger partial charge in [0, 0.05) is 10.9 Å². The summed E-state index contributed by atoms with van der Waals surface area (Å²) in [5.74, 6) is 0.773. The monoisotopic (exact) mass is 347 g/mol. The van der Waals surface area contributed by atoms with E-state index in [1.165, 1.54) is 11.3 Å². The van der Waals surface area contributed by atoms with Crippen LogP contribution in [0.3, 0.4) is 0 Å². The molecule has 0 aliphatic carbocycles. The molecular formula is C15H10BrNO2S. The van der Waals surface area contributed by atoms with E-state index in [0.29, 0.717) is 17.7 Å². The van der Waals surface area contributed by atoms with Crippen LogP contribution >= 0.6 is 27.3 Å². The molecule has 0 aliphatic rings. The Morgan fingerprint density at radius 2 is 2.05 bits per heavy atom. The summed E-state index contributed by atoms with van der Waals surface area (Å²) in [6, 6.07) is 11.1. The lowest BCUT2D eigenvalue weighted by atomic mass is 10.1. The van der Waals surface area contributed by atoms with Crippen molar-refractivity contribution in [2.45, 2.75) is 6.42 Å². The highest BCUT2D eigenvalue weighted by atomic mass is 79.9. The molecule has 20 heavy (non-hydrogen) atoms. The fraction of sp³-hybridized carbons (Fsp3) is 0.0667. The molecular weight excluding hydrogens is 338 g/mol. The molecule has 3 nitrogen and oxygen atoms in total. The average molecular weight is 348 g/mol. The van der Waals surface area contributed by atoms with Crippen LogP contribution in [0.1, 0.15) is 16.1 Å². The van der Waals surface area contributed by atoms with Gasteiger partial charge in [-0.3, -0.25) is 4.79 Å². The van der Waals surface area contributed by atoms with Crippen LogP contribution in [0, 0.1) is 0 Å². The fourth-order valence-electron chi connectivity index (χ4n) is 1.83. The van der Waals surface area contributed by atoms with Gasteiger partial charge in [-0.15, -0.1) is 11.3 Å². The van der Waals surface area contributed by atoms with Crippen LogP contribution < -0.4 is 0 Å². The molecule has 0 atom stereocenters. The van der Waals surface area contributed by atoms with E-state index in [-0.39, 0.29) is 5.78 Å². The third kappa shape index (κ3) is 2.73. The van der Waals surface area contributed by atoms with Gasteiger partial charge in [0.05, 0.1) is 22.9 Å². The van der Waals surface area contributed by atoms with Gasteiger partial charge in [0.2, 0.25) is 0 Å². The largest absolute Gasteiger partial charge is 0.461 e. The van der Waals surface area contributed by atoms with Crippen LogP contribution in [0.15, 0.2) is 56.9 Å². The quantitative estimate of drug-likeness (QED) is 0.648. The number of benzene rings is 1. The van der Waals surface area contributed by atoms with Crippen molar-refractivity contribution in [3.05, 3.63) is 63.8 Å². The summed E-state index contributed by atoms with van der Waals surface area (Å²) in [6.07, 6.45) is 1.91. The van der Waals surface area contributed by atoms with Crippen molar-refractivity contribution in [3.63, 3.8) is 0 Å². The summed E-state index contributed by atoms with van der Waals surface area (Å²) in [7, 11) is 0. The zero-order valence-electron chi connectivity index (χ0n) is 10.4. The molecule has 5 heteroatoms. The van der Waals surface area contributed by atoms with Crippen LogP contribution in [-0.2, 0) is 6.42 Å². The lowest BCUT2D eigenvalue weighted by molar-refractivity contribution is 0.0992. The van der Waals surface area contributed by atoms with Crippen LogP contribution in [0.5, 0.6) is 0 Å². The first-order valence-corrected chi connectivity index (χ1v) is 7.67. The van der Waals surface area contributed by atoms with Crippen LogP contribution in [-0.4, -0.2) is 10.8 Å². The standard InChI is InChI=1S/C15H10BrNO2S/c16-12-6-7-19-14(12)15-17-11(9-20-15)8-13(18)10-4-2-1-3-5-10/h1-7,9H,8H2. The molecule has 0 bridgehead atoms. The van der Waals surface area contributed by atoms with Crippen LogP contribution in [0.25, 0.3) is 10.8 Å². The number of ketones is 1. The van der Waals surface area contributed by atoms with E-state index in [4.69, 9.17) is 4.42 Å². The average Bonchev–Trinajstić information content (AvgIpc) is 3.08. The van der Waals surface area contributed by atoms with E-state index in [9.17, 15) is 4.79 Å². The predicted molar refractivity (Wildman–Crippen MR) is 82.0 cm³/mol. The van der Waals surface area contributed by atoms with Crippen molar-refractivity contribution < 1.29 is 9.21 Å². The molecule has 0 saturated heterocycles. The van der Waals surface area contributed by atoms with E-state index < -0.39 is 0 Å². The Balaban J connectivity index is 1.78. The molecule has 0 saturated carbocycles. The Morgan fingerprint density at radius 3 is 2.75 bits per heavy atom. The number of carbonyl (C=O) groups is 1.